The molecule has 1 aliphatic heterocycles. The average Bonchev–Trinajstić information content (AvgIpc) is 3.00. The monoisotopic (exact) mass is 303 g/mol. The van der Waals surface area contributed by atoms with Gasteiger partial charge in [0.05, 0.1) is 9.75 Å². The third kappa shape index (κ3) is 3.14. The molecule has 2 unspecified atom stereocenters. The van der Waals surface area contributed by atoms with E-state index in [9.17, 15) is 4.79 Å². The van der Waals surface area contributed by atoms with Crippen LogP contribution in [0.1, 0.15) is 53.1 Å². The molecule has 0 aromatic carbocycles. The van der Waals surface area contributed by atoms with Gasteiger partial charge in [-0.3, -0.25) is 4.79 Å². The third-order valence-electron chi connectivity index (χ3n) is 4.61. The Kier molecular flexibility index (Phi) is 4.62. The zero-order valence-electron chi connectivity index (χ0n) is 12.2. The number of carbonyl (C=O) groups is 1. The predicted octanol–water partition coefficient (Wildman–Crippen LogP) is 2.89. The maximum Gasteiger partial charge on any atom is 0.264 e. The standard InChI is InChI=1S/C17H21NO2S/c19-12-4-7-14-9-10-16(21-14)17(20)18-11-3-6-13-5-1-2-8-15(13)18/h9-10,13,15,19H,1-3,5-6,8,11-12H2. The Hall–Kier alpha value is -1.31. The number of nitrogens with zero attached hydrogens (tertiary/aromatic N) is 1. The van der Waals surface area contributed by atoms with Crippen molar-refractivity contribution >= 4 is 17.2 Å². The van der Waals surface area contributed by atoms with E-state index in [0.29, 0.717) is 12.0 Å². The number of aliphatic hydroxyl groups is 1. The van der Waals surface area contributed by atoms with Crippen molar-refractivity contribution in [1.29, 1.82) is 0 Å². The summed E-state index contributed by atoms with van der Waals surface area (Å²) in [6.45, 7) is 0.757. The summed E-state index contributed by atoms with van der Waals surface area (Å²) in [7, 11) is 0. The summed E-state index contributed by atoms with van der Waals surface area (Å²) in [6.07, 6.45) is 7.44. The molecule has 2 heterocycles. The number of hydrogen-bond donors (Lipinski definition) is 1. The van der Waals surface area contributed by atoms with E-state index in [1.165, 1.54) is 43.4 Å². The number of amides is 1. The van der Waals surface area contributed by atoms with Crippen LogP contribution >= 0.6 is 11.3 Å². The summed E-state index contributed by atoms with van der Waals surface area (Å²) in [4.78, 5) is 16.5. The van der Waals surface area contributed by atoms with Crippen molar-refractivity contribution in [3.8, 4) is 11.8 Å². The van der Waals surface area contributed by atoms with Crippen molar-refractivity contribution in [2.75, 3.05) is 13.2 Å². The number of aliphatic hydroxyl groups excluding tert-OH is 1. The fourth-order valence-corrected chi connectivity index (χ4v) is 4.50. The van der Waals surface area contributed by atoms with Gasteiger partial charge in [0.15, 0.2) is 0 Å². The molecule has 112 valence electrons. The van der Waals surface area contributed by atoms with Gasteiger partial charge in [-0.25, -0.2) is 0 Å². The normalized spacial score (nSPS) is 24.9. The fraction of sp³-hybridized carbons (Fsp3) is 0.588. The molecule has 3 rings (SSSR count). The molecular weight excluding hydrogens is 282 g/mol. The molecule has 2 atom stereocenters. The first kappa shape index (κ1) is 14.6. The lowest BCUT2D eigenvalue weighted by Gasteiger charge is -2.44. The molecule has 2 fully saturated rings. The van der Waals surface area contributed by atoms with Crippen molar-refractivity contribution in [3.05, 3.63) is 21.9 Å². The van der Waals surface area contributed by atoms with Crippen LogP contribution in [0.15, 0.2) is 12.1 Å². The highest BCUT2D eigenvalue weighted by Gasteiger charge is 2.36. The maximum atomic E-state index is 12.8. The largest absolute Gasteiger partial charge is 0.384 e. The van der Waals surface area contributed by atoms with Gasteiger partial charge in [-0.1, -0.05) is 24.7 Å². The minimum absolute atomic E-state index is 0.142. The maximum absolute atomic E-state index is 12.8. The molecule has 21 heavy (non-hydrogen) atoms. The Bertz CT molecular complexity index is 567. The molecule has 1 amide bonds. The molecule has 1 aromatic rings. The summed E-state index contributed by atoms with van der Waals surface area (Å²) >= 11 is 1.44. The molecule has 1 N–H and O–H groups in total. The van der Waals surface area contributed by atoms with Gasteiger partial charge in [0.25, 0.3) is 5.91 Å². The predicted molar refractivity (Wildman–Crippen MR) is 84.3 cm³/mol. The van der Waals surface area contributed by atoms with Gasteiger partial charge in [0, 0.05) is 12.6 Å². The lowest BCUT2D eigenvalue weighted by atomic mass is 9.78. The summed E-state index contributed by atoms with van der Waals surface area (Å²) in [5, 5.41) is 8.73. The summed E-state index contributed by atoms with van der Waals surface area (Å²) in [5.74, 6) is 6.40. The molecule has 0 spiro atoms. The van der Waals surface area contributed by atoms with Gasteiger partial charge in [0.1, 0.15) is 6.61 Å². The minimum Gasteiger partial charge on any atom is -0.384 e. The van der Waals surface area contributed by atoms with Crippen LogP contribution in [0.4, 0.5) is 0 Å². The Morgan fingerprint density at radius 2 is 2.10 bits per heavy atom. The SMILES string of the molecule is O=C(c1ccc(C#CCO)s1)N1CCCC2CCCCC21. The van der Waals surface area contributed by atoms with E-state index in [0.717, 1.165) is 22.7 Å². The van der Waals surface area contributed by atoms with Crippen LogP contribution in [0.3, 0.4) is 0 Å². The lowest BCUT2D eigenvalue weighted by molar-refractivity contribution is 0.0395. The van der Waals surface area contributed by atoms with Gasteiger partial charge in [-0.15, -0.1) is 11.3 Å². The molecule has 1 aromatic heterocycles. The smallest absolute Gasteiger partial charge is 0.264 e. The zero-order valence-corrected chi connectivity index (χ0v) is 13.0. The van der Waals surface area contributed by atoms with E-state index in [1.54, 1.807) is 0 Å². The number of likely N-dealkylation sites (tertiary alicyclic amines) is 1. The lowest BCUT2D eigenvalue weighted by Crippen LogP contribution is -2.49. The van der Waals surface area contributed by atoms with Crippen LogP contribution < -0.4 is 0 Å². The van der Waals surface area contributed by atoms with Gasteiger partial charge in [-0.2, -0.15) is 0 Å². The molecule has 0 bridgehead atoms. The van der Waals surface area contributed by atoms with Gasteiger partial charge < -0.3 is 10.0 Å². The second-order valence-corrected chi connectivity index (χ2v) is 6.96. The van der Waals surface area contributed by atoms with E-state index in [1.807, 2.05) is 12.1 Å². The van der Waals surface area contributed by atoms with E-state index < -0.39 is 0 Å². The molecule has 1 saturated heterocycles. The number of carbonyl (C=O) groups excluding carboxylic acids is 1. The number of piperidine rings is 1. The van der Waals surface area contributed by atoms with E-state index >= 15 is 0 Å². The zero-order chi connectivity index (χ0) is 14.7. The Balaban J connectivity index is 1.75. The Morgan fingerprint density at radius 3 is 2.95 bits per heavy atom. The van der Waals surface area contributed by atoms with Crippen molar-refractivity contribution in [2.24, 2.45) is 5.92 Å². The van der Waals surface area contributed by atoms with Crippen molar-refractivity contribution in [3.63, 3.8) is 0 Å². The summed E-state index contributed by atoms with van der Waals surface area (Å²) in [5.41, 5.74) is 0. The molecule has 2 aliphatic rings. The van der Waals surface area contributed by atoms with Gasteiger partial charge in [-0.05, 0) is 43.7 Å². The molecule has 1 aliphatic carbocycles. The fourth-order valence-electron chi connectivity index (χ4n) is 3.67. The van der Waals surface area contributed by atoms with Crippen molar-refractivity contribution < 1.29 is 9.90 Å². The van der Waals surface area contributed by atoms with E-state index in [2.05, 4.69) is 16.7 Å². The summed E-state index contributed by atoms with van der Waals surface area (Å²) in [6, 6.07) is 4.21. The third-order valence-corrected chi connectivity index (χ3v) is 5.60. The van der Waals surface area contributed by atoms with E-state index in [4.69, 9.17) is 5.11 Å². The number of hydrogen-bond acceptors (Lipinski definition) is 3. The Labute approximate surface area is 130 Å². The first-order valence-corrected chi connectivity index (χ1v) is 8.62. The molecule has 1 saturated carbocycles. The van der Waals surface area contributed by atoms with Crippen molar-refractivity contribution in [1.82, 2.24) is 4.90 Å². The average molecular weight is 303 g/mol. The second kappa shape index (κ2) is 6.64. The number of thiophene rings is 1. The van der Waals surface area contributed by atoms with Crippen LogP contribution in [-0.2, 0) is 0 Å². The van der Waals surface area contributed by atoms with Crippen molar-refractivity contribution in [2.45, 2.75) is 44.6 Å². The first-order valence-electron chi connectivity index (χ1n) is 7.80. The highest BCUT2D eigenvalue weighted by molar-refractivity contribution is 7.14. The quantitative estimate of drug-likeness (QED) is 0.810. The highest BCUT2D eigenvalue weighted by atomic mass is 32.1. The topological polar surface area (TPSA) is 40.5 Å². The molecular formula is C17H21NO2S. The van der Waals surface area contributed by atoms with E-state index in [-0.39, 0.29) is 12.5 Å². The number of rotatable bonds is 1. The Morgan fingerprint density at radius 1 is 1.29 bits per heavy atom. The van der Waals surface area contributed by atoms with Crippen LogP contribution in [0, 0.1) is 17.8 Å². The van der Waals surface area contributed by atoms with Crippen LogP contribution in [-0.4, -0.2) is 35.1 Å². The minimum atomic E-state index is -0.142. The van der Waals surface area contributed by atoms with Crippen LogP contribution in [0.2, 0.25) is 0 Å². The molecule has 0 radical (unpaired) electrons. The van der Waals surface area contributed by atoms with Gasteiger partial charge >= 0.3 is 0 Å². The summed E-state index contributed by atoms with van der Waals surface area (Å²) < 4.78 is 0. The second-order valence-electron chi connectivity index (χ2n) is 5.88. The molecule has 4 heteroatoms. The van der Waals surface area contributed by atoms with Crippen LogP contribution in [0.5, 0.6) is 0 Å². The highest BCUT2D eigenvalue weighted by Crippen LogP contribution is 2.36. The molecule has 3 nitrogen and oxygen atoms in total. The van der Waals surface area contributed by atoms with Crippen LogP contribution in [0.25, 0.3) is 0 Å². The first-order chi connectivity index (χ1) is 10.3. The van der Waals surface area contributed by atoms with Gasteiger partial charge in [0.2, 0.25) is 0 Å². The number of fused-ring (bicyclic) bond motifs is 1.